The van der Waals surface area contributed by atoms with Gasteiger partial charge in [-0.1, -0.05) is 0 Å². The number of aromatic nitrogens is 1. The third-order valence-electron chi connectivity index (χ3n) is 3.39. The van der Waals surface area contributed by atoms with Gasteiger partial charge in [0.1, 0.15) is 6.07 Å². The lowest BCUT2D eigenvalue weighted by molar-refractivity contribution is -0.385. The van der Waals surface area contributed by atoms with Gasteiger partial charge in [-0.25, -0.2) is 0 Å². The molecule has 2 rings (SSSR count). The van der Waals surface area contributed by atoms with E-state index in [0.29, 0.717) is 5.75 Å². The SMILES string of the molecule is COc1cc(C(C#N)=Cc2cccn2C)c([N+](=O)[O-])cc1OC. The first-order valence-corrected chi connectivity index (χ1v) is 6.65. The molecule has 0 aliphatic rings. The summed E-state index contributed by atoms with van der Waals surface area (Å²) in [6, 6.07) is 8.34. The molecule has 7 heteroatoms. The topological polar surface area (TPSA) is 90.3 Å². The molecule has 0 unspecified atom stereocenters. The molecule has 2 aromatic rings. The van der Waals surface area contributed by atoms with E-state index in [9.17, 15) is 15.4 Å². The van der Waals surface area contributed by atoms with E-state index in [4.69, 9.17) is 9.47 Å². The van der Waals surface area contributed by atoms with Crippen LogP contribution in [0.2, 0.25) is 0 Å². The zero-order valence-electron chi connectivity index (χ0n) is 12.9. The highest BCUT2D eigenvalue weighted by Crippen LogP contribution is 2.38. The number of nitriles is 1. The van der Waals surface area contributed by atoms with Crippen molar-refractivity contribution >= 4 is 17.3 Å². The second-order valence-electron chi connectivity index (χ2n) is 4.70. The number of nitrogens with zero attached hydrogens (tertiary/aromatic N) is 3. The monoisotopic (exact) mass is 313 g/mol. The fourth-order valence-electron chi connectivity index (χ4n) is 2.18. The normalized spacial score (nSPS) is 11.0. The number of nitro groups is 1. The minimum absolute atomic E-state index is 0.166. The van der Waals surface area contributed by atoms with Gasteiger partial charge in [0.15, 0.2) is 11.5 Å². The highest BCUT2D eigenvalue weighted by molar-refractivity contribution is 5.93. The number of methoxy groups -OCH3 is 2. The number of allylic oxidation sites excluding steroid dienone is 1. The molecule has 0 saturated heterocycles. The van der Waals surface area contributed by atoms with Gasteiger partial charge in [-0.3, -0.25) is 10.1 Å². The Bertz CT molecular complexity index is 815. The van der Waals surface area contributed by atoms with E-state index in [2.05, 4.69) is 0 Å². The molecular weight excluding hydrogens is 298 g/mol. The Hall–Kier alpha value is -3.27. The van der Waals surface area contributed by atoms with Crippen molar-refractivity contribution in [3.05, 3.63) is 51.8 Å². The predicted molar refractivity (Wildman–Crippen MR) is 85.1 cm³/mol. The zero-order chi connectivity index (χ0) is 17.0. The molecule has 1 aromatic heterocycles. The summed E-state index contributed by atoms with van der Waals surface area (Å²) in [6.45, 7) is 0. The first-order valence-electron chi connectivity index (χ1n) is 6.65. The Morgan fingerprint density at radius 3 is 2.48 bits per heavy atom. The summed E-state index contributed by atoms with van der Waals surface area (Å²) in [5.74, 6) is 0.556. The number of rotatable bonds is 5. The van der Waals surface area contributed by atoms with Gasteiger partial charge in [-0.15, -0.1) is 0 Å². The lowest BCUT2D eigenvalue weighted by Gasteiger charge is -2.10. The summed E-state index contributed by atoms with van der Waals surface area (Å²) < 4.78 is 12.1. The van der Waals surface area contributed by atoms with Gasteiger partial charge in [0.25, 0.3) is 5.69 Å². The molecule has 0 fully saturated rings. The smallest absolute Gasteiger partial charge is 0.281 e. The Morgan fingerprint density at radius 2 is 2.00 bits per heavy atom. The number of aryl methyl sites for hydroxylation is 1. The third kappa shape index (κ3) is 3.16. The molecule has 0 N–H and O–H groups in total. The Balaban J connectivity index is 2.69. The maximum absolute atomic E-state index is 11.3. The standard InChI is InChI=1S/C16H15N3O4/c1-18-6-4-5-12(18)7-11(10-17)13-8-15(22-2)16(23-3)9-14(13)19(20)21/h4-9H,1-3H3. The van der Waals surface area contributed by atoms with E-state index in [1.54, 1.807) is 6.08 Å². The van der Waals surface area contributed by atoms with E-state index in [0.717, 1.165) is 5.69 Å². The zero-order valence-corrected chi connectivity index (χ0v) is 12.9. The van der Waals surface area contributed by atoms with Crippen LogP contribution in [0.25, 0.3) is 11.6 Å². The maximum atomic E-state index is 11.3. The minimum Gasteiger partial charge on any atom is -0.493 e. The molecular formula is C16H15N3O4. The van der Waals surface area contributed by atoms with Gasteiger partial charge in [0, 0.05) is 18.9 Å². The van der Waals surface area contributed by atoms with Gasteiger partial charge in [0.2, 0.25) is 0 Å². The second-order valence-corrected chi connectivity index (χ2v) is 4.70. The Labute approximate surface area is 133 Å². The van der Waals surface area contributed by atoms with Gasteiger partial charge < -0.3 is 14.0 Å². The first-order chi connectivity index (χ1) is 11.0. The number of benzene rings is 1. The molecule has 23 heavy (non-hydrogen) atoms. The molecule has 0 aliphatic carbocycles. The van der Waals surface area contributed by atoms with E-state index < -0.39 is 4.92 Å². The fourth-order valence-corrected chi connectivity index (χ4v) is 2.18. The molecule has 1 heterocycles. The van der Waals surface area contributed by atoms with Crippen LogP contribution in [0.15, 0.2) is 30.5 Å². The minimum atomic E-state index is -0.548. The molecule has 118 valence electrons. The number of hydrogen-bond donors (Lipinski definition) is 0. The van der Waals surface area contributed by atoms with Crippen LogP contribution < -0.4 is 9.47 Å². The van der Waals surface area contributed by atoms with E-state index in [1.165, 1.54) is 26.4 Å². The van der Waals surface area contributed by atoms with E-state index in [-0.39, 0.29) is 22.6 Å². The summed E-state index contributed by atoms with van der Waals surface area (Å²) in [6.07, 6.45) is 3.41. The summed E-state index contributed by atoms with van der Waals surface area (Å²) in [7, 11) is 4.65. The largest absolute Gasteiger partial charge is 0.493 e. The molecule has 1 aromatic carbocycles. The quantitative estimate of drug-likeness (QED) is 0.481. The average Bonchev–Trinajstić information content (AvgIpc) is 2.96. The van der Waals surface area contributed by atoms with Crippen LogP contribution in [-0.2, 0) is 7.05 Å². The number of ether oxygens (including phenoxy) is 2. The van der Waals surface area contributed by atoms with Gasteiger partial charge >= 0.3 is 0 Å². The van der Waals surface area contributed by atoms with Crippen LogP contribution in [-0.4, -0.2) is 23.7 Å². The maximum Gasteiger partial charge on any atom is 0.281 e. The second kappa shape index (κ2) is 6.66. The highest BCUT2D eigenvalue weighted by atomic mass is 16.6. The highest BCUT2D eigenvalue weighted by Gasteiger charge is 2.22. The van der Waals surface area contributed by atoms with Gasteiger partial charge in [-0.2, -0.15) is 5.26 Å². The van der Waals surface area contributed by atoms with Crippen LogP contribution in [0, 0.1) is 21.4 Å². The van der Waals surface area contributed by atoms with Crippen molar-refractivity contribution < 1.29 is 14.4 Å². The van der Waals surface area contributed by atoms with E-state index in [1.807, 2.05) is 36.0 Å². The van der Waals surface area contributed by atoms with Gasteiger partial charge in [0.05, 0.1) is 36.3 Å². The average molecular weight is 313 g/mol. The first kappa shape index (κ1) is 16.1. The molecule has 0 atom stereocenters. The van der Waals surface area contributed by atoms with Crippen molar-refractivity contribution in [2.75, 3.05) is 14.2 Å². The molecule has 0 spiro atoms. The van der Waals surface area contributed by atoms with Crippen molar-refractivity contribution in [1.29, 1.82) is 5.26 Å². The molecule has 0 bridgehead atoms. The van der Waals surface area contributed by atoms with Crippen LogP contribution in [0.5, 0.6) is 11.5 Å². The molecule has 0 saturated carbocycles. The fraction of sp³-hybridized carbons (Fsp3) is 0.188. The molecule has 7 nitrogen and oxygen atoms in total. The molecule has 0 aliphatic heterocycles. The Morgan fingerprint density at radius 1 is 1.35 bits per heavy atom. The molecule has 0 amide bonds. The lowest BCUT2D eigenvalue weighted by Crippen LogP contribution is -1.99. The van der Waals surface area contributed by atoms with Crippen molar-refractivity contribution in [1.82, 2.24) is 4.57 Å². The van der Waals surface area contributed by atoms with Crippen LogP contribution in [0.4, 0.5) is 5.69 Å². The van der Waals surface area contributed by atoms with Crippen LogP contribution in [0.3, 0.4) is 0 Å². The Kier molecular flexibility index (Phi) is 4.66. The van der Waals surface area contributed by atoms with Crippen molar-refractivity contribution in [2.45, 2.75) is 0 Å². The van der Waals surface area contributed by atoms with Crippen molar-refractivity contribution in [3.8, 4) is 17.6 Å². The van der Waals surface area contributed by atoms with Crippen LogP contribution in [0.1, 0.15) is 11.3 Å². The predicted octanol–water partition coefficient (Wildman–Crippen LogP) is 3.01. The van der Waals surface area contributed by atoms with Gasteiger partial charge in [-0.05, 0) is 24.3 Å². The van der Waals surface area contributed by atoms with Crippen molar-refractivity contribution in [3.63, 3.8) is 0 Å². The molecule has 0 radical (unpaired) electrons. The summed E-state index contributed by atoms with van der Waals surface area (Å²) in [5, 5.41) is 20.8. The number of hydrogen-bond acceptors (Lipinski definition) is 5. The lowest BCUT2D eigenvalue weighted by atomic mass is 10.0. The van der Waals surface area contributed by atoms with Crippen LogP contribution >= 0.6 is 0 Å². The van der Waals surface area contributed by atoms with Crippen molar-refractivity contribution in [2.24, 2.45) is 7.05 Å². The third-order valence-corrected chi connectivity index (χ3v) is 3.39. The summed E-state index contributed by atoms with van der Waals surface area (Å²) >= 11 is 0. The van der Waals surface area contributed by atoms with E-state index >= 15 is 0 Å². The number of nitro benzene ring substituents is 1. The summed E-state index contributed by atoms with van der Waals surface area (Å²) in [5.41, 5.74) is 0.881. The summed E-state index contributed by atoms with van der Waals surface area (Å²) in [4.78, 5) is 10.8.